The van der Waals surface area contributed by atoms with Crippen molar-refractivity contribution in [3.8, 4) is 5.75 Å². The van der Waals surface area contributed by atoms with Crippen LogP contribution in [-0.2, 0) is 9.59 Å². The molecule has 0 saturated heterocycles. The van der Waals surface area contributed by atoms with Crippen molar-refractivity contribution in [1.82, 2.24) is 0 Å². The van der Waals surface area contributed by atoms with Crippen LogP contribution in [0.3, 0.4) is 0 Å². The van der Waals surface area contributed by atoms with Crippen molar-refractivity contribution in [2.75, 3.05) is 0 Å². The Morgan fingerprint density at radius 3 is 2.35 bits per heavy atom. The minimum Gasteiger partial charge on any atom is -0.507 e. The third-order valence-corrected chi connectivity index (χ3v) is 2.85. The third kappa shape index (κ3) is 3.03. The van der Waals surface area contributed by atoms with Crippen molar-refractivity contribution >= 4 is 17.6 Å². The van der Waals surface area contributed by atoms with E-state index in [2.05, 4.69) is 0 Å². The van der Waals surface area contributed by atoms with E-state index in [-0.39, 0.29) is 17.3 Å². The topological polar surface area (TPSA) is 54.4 Å². The molecule has 0 saturated carbocycles. The van der Waals surface area contributed by atoms with Gasteiger partial charge >= 0.3 is 0 Å². The number of Topliss-reactive ketones (excluding diaryl/α,β-unsaturated/α-hetero) is 1. The summed E-state index contributed by atoms with van der Waals surface area (Å²) in [6, 6.07) is 6.70. The molecule has 0 aliphatic heterocycles. The van der Waals surface area contributed by atoms with E-state index in [1.165, 1.54) is 19.1 Å². The zero-order valence-electron chi connectivity index (χ0n) is 10.2. The molecular weight excluding hydrogens is 216 g/mol. The van der Waals surface area contributed by atoms with Crippen molar-refractivity contribution in [2.45, 2.75) is 20.8 Å². The molecule has 0 spiro atoms. The third-order valence-electron chi connectivity index (χ3n) is 2.85. The van der Waals surface area contributed by atoms with E-state index >= 15 is 0 Å². The molecule has 1 aromatic carbocycles. The fraction of sp³-hybridized carbons (Fsp3) is 0.286. The fourth-order valence-corrected chi connectivity index (χ4v) is 1.18. The smallest absolute Gasteiger partial charge is 0.168 e. The summed E-state index contributed by atoms with van der Waals surface area (Å²) in [6.07, 6.45) is 2.85. The molecule has 0 aliphatic carbocycles. The number of aromatic hydroxyl groups is 1. The molecule has 0 aromatic heterocycles. The monoisotopic (exact) mass is 232 g/mol. The molecule has 1 aromatic rings. The lowest BCUT2D eigenvalue weighted by molar-refractivity contribution is -0.134. The molecule has 0 radical (unpaired) electrons. The standard InChI is InChI=1S/C14H16O3/c1-10(15)14(2,3)13(17)9-8-11-6-4-5-7-12(11)16/h4-9,16H,1-3H3/b9-8+. The van der Waals surface area contributed by atoms with Gasteiger partial charge in [0.05, 0.1) is 5.41 Å². The van der Waals surface area contributed by atoms with Gasteiger partial charge in [-0.05, 0) is 39.0 Å². The highest BCUT2D eigenvalue weighted by molar-refractivity contribution is 6.11. The predicted molar refractivity (Wildman–Crippen MR) is 66.6 cm³/mol. The van der Waals surface area contributed by atoms with E-state index in [0.29, 0.717) is 5.56 Å². The van der Waals surface area contributed by atoms with Gasteiger partial charge in [-0.1, -0.05) is 18.2 Å². The Kier molecular flexibility index (Phi) is 3.84. The van der Waals surface area contributed by atoms with E-state index in [1.807, 2.05) is 0 Å². The summed E-state index contributed by atoms with van der Waals surface area (Å²) in [5.74, 6) is -0.338. The molecule has 1 rings (SSSR count). The molecule has 0 unspecified atom stereocenters. The van der Waals surface area contributed by atoms with Crippen LogP contribution < -0.4 is 0 Å². The Morgan fingerprint density at radius 1 is 1.24 bits per heavy atom. The highest BCUT2D eigenvalue weighted by Gasteiger charge is 2.30. The molecule has 0 bridgehead atoms. The number of rotatable bonds is 4. The molecule has 0 heterocycles. The van der Waals surface area contributed by atoms with E-state index in [0.717, 1.165) is 0 Å². The lowest BCUT2D eigenvalue weighted by Gasteiger charge is -2.16. The summed E-state index contributed by atoms with van der Waals surface area (Å²) in [5, 5.41) is 9.51. The van der Waals surface area contributed by atoms with Gasteiger partial charge in [0.25, 0.3) is 0 Å². The number of carbonyl (C=O) groups is 2. The van der Waals surface area contributed by atoms with Crippen molar-refractivity contribution in [3.05, 3.63) is 35.9 Å². The maximum Gasteiger partial charge on any atom is 0.168 e. The van der Waals surface area contributed by atoms with Crippen molar-refractivity contribution in [3.63, 3.8) is 0 Å². The van der Waals surface area contributed by atoms with Crippen molar-refractivity contribution < 1.29 is 14.7 Å². The number of benzene rings is 1. The minimum atomic E-state index is -1.01. The second-order valence-electron chi connectivity index (χ2n) is 4.44. The molecule has 3 heteroatoms. The first kappa shape index (κ1) is 13.2. The lowest BCUT2D eigenvalue weighted by Crippen LogP contribution is -2.30. The van der Waals surface area contributed by atoms with Crippen LogP contribution in [0.5, 0.6) is 5.75 Å². The van der Waals surface area contributed by atoms with E-state index in [9.17, 15) is 14.7 Å². The van der Waals surface area contributed by atoms with Gasteiger partial charge in [-0.25, -0.2) is 0 Å². The van der Waals surface area contributed by atoms with Gasteiger partial charge in [-0.2, -0.15) is 0 Å². The Morgan fingerprint density at radius 2 is 1.82 bits per heavy atom. The number of allylic oxidation sites excluding steroid dienone is 1. The van der Waals surface area contributed by atoms with Crippen LogP contribution in [0.2, 0.25) is 0 Å². The summed E-state index contributed by atoms with van der Waals surface area (Å²) < 4.78 is 0. The van der Waals surface area contributed by atoms with E-state index in [1.54, 1.807) is 38.1 Å². The van der Waals surface area contributed by atoms with E-state index < -0.39 is 5.41 Å². The van der Waals surface area contributed by atoms with Crippen LogP contribution in [0.25, 0.3) is 6.08 Å². The highest BCUT2D eigenvalue weighted by Crippen LogP contribution is 2.21. The summed E-state index contributed by atoms with van der Waals surface area (Å²) in [7, 11) is 0. The zero-order chi connectivity index (χ0) is 13.1. The normalized spacial score (nSPS) is 11.7. The number of ketones is 2. The Hall–Kier alpha value is -1.90. The number of phenolic OH excluding ortho intramolecular Hbond substituents is 1. The fourth-order valence-electron chi connectivity index (χ4n) is 1.18. The van der Waals surface area contributed by atoms with Crippen LogP contribution in [-0.4, -0.2) is 16.7 Å². The molecule has 0 amide bonds. The number of carbonyl (C=O) groups excluding carboxylic acids is 2. The number of para-hydroxylation sites is 1. The average molecular weight is 232 g/mol. The van der Waals surface area contributed by atoms with Gasteiger partial charge in [0.1, 0.15) is 11.5 Å². The van der Waals surface area contributed by atoms with Gasteiger partial charge < -0.3 is 5.11 Å². The van der Waals surface area contributed by atoms with Crippen LogP contribution in [0, 0.1) is 5.41 Å². The quantitative estimate of drug-likeness (QED) is 0.641. The van der Waals surface area contributed by atoms with Crippen LogP contribution in [0.4, 0.5) is 0 Å². The van der Waals surface area contributed by atoms with Gasteiger partial charge in [0, 0.05) is 5.56 Å². The summed E-state index contributed by atoms with van der Waals surface area (Å²) in [6.45, 7) is 4.57. The van der Waals surface area contributed by atoms with Gasteiger partial charge in [0.15, 0.2) is 5.78 Å². The number of phenols is 1. The zero-order valence-corrected chi connectivity index (χ0v) is 10.2. The Balaban J connectivity index is 2.90. The summed E-state index contributed by atoms with van der Waals surface area (Å²) in [4.78, 5) is 23.1. The first-order valence-electron chi connectivity index (χ1n) is 5.37. The molecule has 0 atom stereocenters. The first-order valence-corrected chi connectivity index (χ1v) is 5.37. The maximum absolute atomic E-state index is 11.8. The van der Waals surface area contributed by atoms with Gasteiger partial charge in [-0.15, -0.1) is 0 Å². The molecule has 17 heavy (non-hydrogen) atoms. The highest BCUT2D eigenvalue weighted by atomic mass is 16.3. The molecule has 0 fully saturated rings. The SMILES string of the molecule is CC(=O)C(C)(C)C(=O)/C=C/c1ccccc1O. The largest absolute Gasteiger partial charge is 0.507 e. The number of hydrogen-bond donors (Lipinski definition) is 1. The lowest BCUT2D eigenvalue weighted by atomic mass is 9.84. The minimum absolute atomic E-state index is 0.109. The first-order chi connectivity index (χ1) is 7.85. The van der Waals surface area contributed by atoms with Crippen LogP contribution >= 0.6 is 0 Å². The molecule has 1 N–H and O–H groups in total. The van der Waals surface area contributed by atoms with Gasteiger partial charge in [0.2, 0.25) is 0 Å². The summed E-state index contributed by atoms with van der Waals surface area (Å²) >= 11 is 0. The second-order valence-corrected chi connectivity index (χ2v) is 4.44. The Labute approximate surface area is 101 Å². The molecule has 0 aliphatic rings. The van der Waals surface area contributed by atoms with Crippen LogP contribution in [0.1, 0.15) is 26.3 Å². The summed E-state index contributed by atoms with van der Waals surface area (Å²) in [5.41, 5.74) is -0.457. The predicted octanol–water partition coefficient (Wildman–Crippen LogP) is 2.59. The van der Waals surface area contributed by atoms with Gasteiger partial charge in [-0.3, -0.25) is 9.59 Å². The number of hydrogen-bond acceptors (Lipinski definition) is 3. The van der Waals surface area contributed by atoms with E-state index in [4.69, 9.17) is 0 Å². The maximum atomic E-state index is 11.8. The molecular formula is C14H16O3. The average Bonchev–Trinajstić information content (AvgIpc) is 2.27. The van der Waals surface area contributed by atoms with Crippen molar-refractivity contribution in [2.24, 2.45) is 5.41 Å². The molecule has 3 nitrogen and oxygen atoms in total. The van der Waals surface area contributed by atoms with Crippen molar-refractivity contribution in [1.29, 1.82) is 0 Å². The second kappa shape index (κ2) is 4.95. The van der Waals surface area contributed by atoms with Crippen LogP contribution in [0.15, 0.2) is 30.3 Å². The Bertz CT molecular complexity index is 470. The molecule has 90 valence electrons.